The van der Waals surface area contributed by atoms with E-state index in [0.717, 1.165) is 34.6 Å². The van der Waals surface area contributed by atoms with Crippen molar-refractivity contribution in [2.24, 2.45) is 10.5 Å². The minimum atomic E-state index is -4.68. The standard InChI is InChI=1S/C28H23BrClF3N4O5S/c1-3-42-26(39)27(2)16-35(34-25(27)17-8-13-20(21(30)14-17)28(31,32)33)15-24(38)36(19-11-9-18(29)10-12-19)43-23-7-5-4-6-22(23)37(40)41/h4-14H,3,15-16H2,1-2H3. The van der Waals surface area contributed by atoms with Crippen LogP contribution in [0.5, 0.6) is 0 Å². The molecule has 1 aliphatic heterocycles. The van der Waals surface area contributed by atoms with Gasteiger partial charge >= 0.3 is 12.1 Å². The van der Waals surface area contributed by atoms with Crippen LogP contribution in [0, 0.1) is 15.5 Å². The van der Waals surface area contributed by atoms with Gasteiger partial charge in [0.15, 0.2) is 0 Å². The number of anilines is 1. The van der Waals surface area contributed by atoms with Gasteiger partial charge in [-0.1, -0.05) is 45.7 Å². The van der Waals surface area contributed by atoms with Crippen LogP contribution in [0.2, 0.25) is 5.02 Å². The van der Waals surface area contributed by atoms with E-state index in [4.69, 9.17) is 16.3 Å². The minimum Gasteiger partial charge on any atom is -0.465 e. The SMILES string of the molecule is CCOC(=O)C1(C)CN(CC(=O)N(Sc2ccccc2[N+](=O)[O-])c2ccc(Br)cc2)N=C1c1ccc(C(F)(F)F)c(Cl)c1. The first-order valence-corrected chi connectivity index (χ1v) is 14.6. The molecule has 226 valence electrons. The molecule has 1 heterocycles. The van der Waals surface area contributed by atoms with E-state index in [1.54, 1.807) is 37.3 Å². The van der Waals surface area contributed by atoms with Gasteiger partial charge in [0.1, 0.15) is 16.9 Å². The quantitative estimate of drug-likeness (QED) is 0.0995. The number of benzene rings is 3. The fourth-order valence-electron chi connectivity index (χ4n) is 4.37. The van der Waals surface area contributed by atoms with E-state index in [1.807, 2.05) is 0 Å². The number of nitro groups is 1. The highest BCUT2D eigenvalue weighted by molar-refractivity contribution is 9.10. The molecule has 1 aliphatic rings. The number of nitro benzene ring substituents is 1. The molecule has 4 rings (SSSR count). The smallest absolute Gasteiger partial charge is 0.417 e. The predicted octanol–water partition coefficient (Wildman–Crippen LogP) is 7.36. The molecular weight excluding hydrogens is 677 g/mol. The van der Waals surface area contributed by atoms with Crippen molar-refractivity contribution in [3.63, 3.8) is 0 Å². The van der Waals surface area contributed by atoms with Gasteiger partial charge in [-0.05, 0) is 56.3 Å². The van der Waals surface area contributed by atoms with E-state index in [1.165, 1.54) is 34.4 Å². The second-order valence-corrected chi connectivity index (χ2v) is 11.8. The van der Waals surface area contributed by atoms with Gasteiger partial charge in [0.25, 0.3) is 11.6 Å². The molecule has 15 heteroatoms. The third kappa shape index (κ3) is 7.13. The average molecular weight is 700 g/mol. The highest BCUT2D eigenvalue weighted by atomic mass is 79.9. The number of ether oxygens (including phenoxy) is 1. The largest absolute Gasteiger partial charge is 0.465 e. The maximum absolute atomic E-state index is 13.8. The van der Waals surface area contributed by atoms with Gasteiger partial charge in [-0.25, -0.2) is 4.31 Å². The summed E-state index contributed by atoms with van der Waals surface area (Å²) in [7, 11) is 0. The number of hydrogen-bond acceptors (Lipinski definition) is 8. The predicted molar refractivity (Wildman–Crippen MR) is 160 cm³/mol. The van der Waals surface area contributed by atoms with Crippen LogP contribution in [0.15, 0.2) is 81.2 Å². The molecule has 1 amide bonds. The Hall–Kier alpha value is -3.62. The zero-order valence-corrected chi connectivity index (χ0v) is 25.8. The summed E-state index contributed by atoms with van der Waals surface area (Å²) >= 11 is 10.2. The third-order valence-corrected chi connectivity index (χ3v) is 8.37. The molecule has 9 nitrogen and oxygen atoms in total. The van der Waals surface area contributed by atoms with E-state index in [0.29, 0.717) is 5.69 Å². The Morgan fingerprint density at radius 3 is 2.47 bits per heavy atom. The number of alkyl halides is 3. The lowest BCUT2D eigenvalue weighted by molar-refractivity contribution is -0.387. The Bertz CT molecular complexity index is 1590. The first-order valence-electron chi connectivity index (χ1n) is 12.6. The zero-order valence-electron chi connectivity index (χ0n) is 22.6. The highest BCUT2D eigenvalue weighted by Crippen LogP contribution is 2.39. The molecule has 0 N–H and O–H groups in total. The van der Waals surface area contributed by atoms with E-state index < -0.39 is 39.0 Å². The molecule has 0 fully saturated rings. The number of halogens is 5. The second-order valence-electron chi connectivity index (χ2n) is 9.50. The van der Waals surface area contributed by atoms with Gasteiger partial charge < -0.3 is 4.74 Å². The lowest BCUT2D eigenvalue weighted by Gasteiger charge is -2.26. The zero-order chi connectivity index (χ0) is 31.5. The Balaban J connectivity index is 1.70. The summed E-state index contributed by atoms with van der Waals surface area (Å²) in [6, 6.07) is 15.7. The lowest BCUT2D eigenvalue weighted by Crippen LogP contribution is -2.42. The van der Waals surface area contributed by atoms with Crippen LogP contribution in [0.25, 0.3) is 0 Å². The third-order valence-electron chi connectivity index (χ3n) is 6.39. The molecule has 0 saturated heterocycles. The normalized spacial score (nSPS) is 16.5. The molecule has 43 heavy (non-hydrogen) atoms. The van der Waals surface area contributed by atoms with Crippen LogP contribution >= 0.6 is 39.5 Å². The van der Waals surface area contributed by atoms with Gasteiger partial charge in [0, 0.05) is 28.1 Å². The van der Waals surface area contributed by atoms with Crippen molar-refractivity contribution in [2.75, 3.05) is 24.0 Å². The van der Waals surface area contributed by atoms with Gasteiger partial charge in [-0.2, -0.15) is 18.3 Å². The van der Waals surface area contributed by atoms with Crippen LogP contribution in [-0.4, -0.2) is 47.2 Å². The average Bonchev–Trinajstić information content (AvgIpc) is 3.28. The van der Waals surface area contributed by atoms with Crippen molar-refractivity contribution in [3.8, 4) is 0 Å². The number of hydrazone groups is 1. The molecule has 0 aromatic heterocycles. The fourth-order valence-corrected chi connectivity index (χ4v) is 5.88. The number of nitrogens with zero attached hydrogens (tertiary/aromatic N) is 4. The van der Waals surface area contributed by atoms with Crippen molar-refractivity contribution in [3.05, 3.63) is 97.5 Å². The van der Waals surface area contributed by atoms with Gasteiger partial charge in [-0.15, -0.1) is 0 Å². The highest BCUT2D eigenvalue weighted by Gasteiger charge is 2.48. The lowest BCUT2D eigenvalue weighted by atomic mass is 9.82. The molecule has 3 aromatic rings. The van der Waals surface area contributed by atoms with Crippen molar-refractivity contribution in [2.45, 2.75) is 24.9 Å². The maximum Gasteiger partial charge on any atom is 0.417 e. The van der Waals surface area contributed by atoms with Crippen molar-refractivity contribution < 1.29 is 32.4 Å². The van der Waals surface area contributed by atoms with E-state index in [-0.39, 0.29) is 41.6 Å². The van der Waals surface area contributed by atoms with E-state index >= 15 is 0 Å². The van der Waals surface area contributed by atoms with Crippen molar-refractivity contribution >= 4 is 68.4 Å². The number of carbonyl (C=O) groups excluding carboxylic acids is 2. The number of para-hydroxylation sites is 1. The fraction of sp³-hybridized carbons (Fsp3) is 0.250. The summed E-state index contributed by atoms with van der Waals surface area (Å²) in [5, 5.41) is 16.8. The minimum absolute atomic E-state index is 0.0399. The summed E-state index contributed by atoms with van der Waals surface area (Å²) in [5.74, 6) is -1.22. The Kier molecular flexibility index (Phi) is 9.72. The molecule has 1 unspecified atom stereocenters. The van der Waals surface area contributed by atoms with Crippen molar-refractivity contribution in [1.29, 1.82) is 0 Å². The van der Waals surface area contributed by atoms with Crippen LogP contribution in [0.4, 0.5) is 24.5 Å². The summed E-state index contributed by atoms with van der Waals surface area (Å²) in [6.07, 6.45) is -4.68. The van der Waals surface area contributed by atoms with Crippen molar-refractivity contribution in [1.82, 2.24) is 5.01 Å². The number of rotatable bonds is 9. The van der Waals surface area contributed by atoms with Gasteiger partial charge in [0.2, 0.25) is 0 Å². The first kappa shape index (κ1) is 32.3. The molecule has 0 spiro atoms. The maximum atomic E-state index is 13.8. The van der Waals surface area contributed by atoms with Crippen LogP contribution in [0.3, 0.4) is 0 Å². The van der Waals surface area contributed by atoms with Crippen LogP contribution < -0.4 is 4.31 Å². The molecule has 1 atom stereocenters. The first-order chi connectivity index (χ1) is 20.2. The summed E-state index contributed by atoms with van der Waals surface area (Å²) in [4.78, 5) is 38.2. The second kappa shape index (κ2) is 12.9. The molecule has 0 bridgehead atoms. The Labute approximate surface area is 262 Å². The molecule has 0 saturated carbocycles. The summed E-state index contributed by atoms with van der Waals surface area (Å²) in [6.45, 7) is 2.67. The molecule has 0 radical (unpaired) electrons. The number of hydrogen-bond donors (Lipinski definition) is 0. The number of carbonyl (C=O) groups is 2. The topological polar surface area (TPSA) is 105 Å². The van der Waals surface area contributed by atoms with E-state index in [2.05, 4.69) is 21.0 Å². The summed E-state index contributed by atoms with van der Waals surface area (Å²) in [5.41, 5.74) is -2.04. The molecule has 3 aromatic carbocycles. The van der Waals surface area contributed by atoms with Crippen LogP contribution in [-0.2, 0) is 20.5 Å². The Morgan fingerprint density at radius 2 is 1.86 bits per heavy atom. The number of esters is 1. The van der Waals surface area contributed by atoms with E-state index in [9.17, 15) is 32.9 Å². The molecular formula is C28H23BrClF3N4O5S. The summed E-state index contributed by atoms with van der Waals surface area (Å²) < 4.78 is 47.3. The van der Waals surface area contributed by atoms with Gasteiger partial charge in [0.05, 0.1) is 40.1 Å². The van der Waals surface area contributed by atoms with Gasteiger partial charge in [-0.3, -0.25) is 24.7 Å². The monoisotopic (exact) mass is 698 g/mol. The Morgan fingerprint density at radius 1 is 1.19 bits per heavy atom. The molecule has 0 aliphatic carbocycles. The van der Waals surface area contributed by atoms with Crippen LogP contribution in [0.1, 0.15) is 25.0 Å². The number of amides is 1.